The first kappa shape index (κ1) is 10.6. The summed E-state index contributed by atoms with van der Waals surface area (Å²) in [5.74, 6) is 0.743. The van der Waals surface area contributed by atoms with Gasteiger partial charge in [0.15, 0.2) is 5.56 Å². The lowest BCUT2D eigenvalue weighted by Gasteiger charge is -2.07. The Hall–Kier alpha value is 0.0400. The fraction of sp³-hybridized carbons (Fsp3) is 0.333. The second kappa shape index (κ2) is 3.89. The predicted molar refractivity (Wildman–Crippen MR) is 58.9 cm³/mol. The van der Waals surface area contributed by atoms with Gasteiger partial charge in [-0.15, -0.1) is 0 Å². The Kier molecular flexibility index (Phi) is 2.93. The normalized spacial score (nSPS) is 30.1. The molecule has 0 saturated carbocycles. The van der Waals surface area contributed by atoms with Crippen LogP contribution in [0.1, 0.15) is 0 Å². The molecular weight excluding hydrogens is 291 g/mol. The minimum absolute atomic E-state index is 0.254. The monoisotopic (exact) mass is 296 g/mol. The van der Waals surface area contributed by atoms with Crippen LogP contribution in [0.5, 0.6) is 5.75 Å². The molecule has 0 spiro atoms. The standard InChI is InChI=1S/C9H7BrCl2O2/c10-6-1-3-7(4-2-6)13-5-9(12)8(11)14-9/h1-4,8H,5H2. The highest BCUT2D eigenvalue weighted by Gasteiger charge is 2.55. The summed E-state index contributed by atoms with van der Waals surface area (Å²) in [4.78, 5) is 0. The molecule has 0 amide bonds. The maximum atomic E-state index is 5.89. The summed E-state index contributed by atoms with van der Waals surface area (Å²) in [7, 11) is 0. The van der Waals surface area contributed by atoms with Gasteiger partial charge in [-0.2, -0.15) is 0 Å². The molecular formula is C9H7BrCl2O2. The molecule has 2 rings (SSSR count). The summed E-state index contributed by atoms with van der Waals surface area (Å²) in [5.41, 5.74) is -0.445. The first-order valence-electron chi connectivity index (χ1n) is 3.99. The molecule has 2 nitrogen and oxygen atoms in total. The molecule has 14 heavy (non-hydrogen) atoms. The third kappa shape index (κ3) is 2.34. The van der Waals surface area contributed by atoms with Gasteiger partial charge in [0.1, 0.15) is 12.4 Å². The van der Waals surface area contributed by atoms with Gasteiger partial charge in [-0.05, 0) is 24.3 Å². The fourth-order valence-corrected chi connectivity index (χ4v) is 1.63. The quantitative estimate of drug-likeness (QED) is 0.630. The van der Waals surface area contributed by atoms with Crippen molar-refractivity contribution >= 4 is 39.1 Å². The minimum atomic E-state index is -0.839. The Morgan fingerprint density at radius 1 is 1.43 bits per heavy atom. The highest BCUT2D eigenvalue weighted by atomic mass is 79.9. The van der Waals surface area contributed by atoms with E-state index in [9.17, 15) is 0 Å². The lowest BCUT2D eigenvalue weighted by atomic mass is 10.3. The molecule has 0 aromatic heterocycles. The summed E-state index contributed by atoms with van der Waals surface area (Å²) >= 11 is 14.9. The van der Waals surface area contributed by atoms with Crippen molar-refractivity contribution in [2.45, 2.75) is 10.6 Å². The van der Waals surface area contributed by atoms with Crippen molar-refractivity contribution in [3.8, 4) is 5.75 Å². The van der Waals surface area contributed by atoms with Gasteiger partial charge in [0, 0.05) is 4.47 Å². The number of ether oxygens (including phenoxy) is 2. The van der Waals surface area contributed by atoms with Crippen LogP contribution in [-0.4, -0.2) is 17.2 Å². The number of halogens is 3. The summed E-state index contributed by atoms with van der Waals surface area (Å²) in [6, 6.07) is 7.47. The smallest absolute Gasteiger partial charge is 0.217 e. The van der Waals surface area contributed by atoms with Crippen molar-refractivity contribution in [3.05, 3.63) is 28.7 Å². The number of rotatable bonds is 3. The van der Waals surface area contributed by atoms with E-state index in [1.807, 2.05) is 24.3 Å². The summed E-state index contributed by atoms with van der Waals surface area (Å²) in [5, 5.41) is -0.839. The Morgan fingerprint density at radius 2 is 2.00 bits per heavy atom. The number of alkyl halides is 2. The summed E-state index contributed by atoms with van der Waals surface area (Å²) in [6.07, 6.45) is 0. The van der Waals surface area contributed by atoms with E-state index in [0.717, 1.165) is 10.2 Å². The van der Waals surface area contributed by atoms with E-state index in [4.69, 9.17) is 32.7 Å². The molecule has 1 aliphatic heterocycles. The summed E-state index contributed by atoms with van der Waals surface area (Å²) < 4.78 is 11.3. The van der Waals surface area contributed by atoms with Gasteiger partial charge in [0.2, 0.25) is 5.06 Å². The molecule has 0 bridgehead atoms. The van der Waals surface area contributed by atoms with E-state index < -0.39 is 10.6 Å². The number of hydrogen-bond donors (Lipinski definition) is 0. The van der Waals surface area contributed by atoms with E-state index in [1.54, 1.807) is 0 Å². The second-order valence-corrected chi connectivity index (χ2v) is 4.91. The van der Waals surface area contributed by atoms with Gasteiger partial charge in [0.05, 0.1) is 0 Å². The van der Waals surface area contributed by atoms with Crippen LogP contribution >= 0.6 is 39.1 Å². The van der Waals surface area contributed by atoms with E-state index in [-0.39, 0.29) is 6.61 Å². The Bertz CT molecular complexity index is 330. The maximum Gasteiger partial charge on any atom is 0.217 e. The molecule has 5 heteroatoms. The molecule has 1 aromatic rings. The number of hydrogen-bond acceptors (Lipinski definition) is 2. The zero-order valence-corrected chi connectivity index (χ0v) is 10.1. The molecule has 1 aliphatic rings. The average Bonchev–Trinajstić information content (AvgIpc) is 2.74. The van der Waals surface area contributed by atoms with Gasteiger partial charge >= 0.3 is 0 Å². The first-order valence-corrected chi connectivity index (χ1v) is 5.60. The highest BCUT2D eigenvalue weighted by Crippen LogP contribution is 2.43. The van der Waals surface area contributed by atoms with Crippen molar-refractivity contribution in [2.24, 2.45) is 0 Å². The third-order valence-corrected chi connectivity index (χ3v) is 3.31. The van der Waals surface area contributed by atoms with Crippen molar-refractivity contribution < 1.29 is 9.47 Å². The summed E-state index contributed by atoms with van der Waals surface area (Å²) in [6.45, 7) is 0.254. The van der Waals surface area contributed by atoms with Crippen LogP contribution in [0.15, 0.2) is 28.7 Å². The van der Waals surface area contributed by atoms with Crippen LogP contribution in [-0.2, 0) is 4.74 Å². The zero-order valence-electron chi connectivity index (χ0n) is 7.04. The Morgan fingerprint density at radius 3 is 2.50 bits per heavy atom. The predicted octanol–water partition coefficient (Wildman–Crippen LogP) is 3.36. The first-order chi connectivity index (χ1) is 6.60. The second-order valence-electron chi connectivity index (χ2n) is 2.96. The molecule has 0 aliphatic carbocycles. The topological polar surface area (TPSA) is 21.8 Å². The van der Waals surface area contributed by atoms with Gasteiger partial charge < -0.3 is 9.47 Å². The van der Waals surface area contributed by atoms with Crippen molar-refractivity contribution in [1.82, 2.24) is 0 Å². The van der Waals surface area contributed by atoms with Crippen LogP contribution in [0.2, 0.25) is 0 Å². The van der Waals surface area contributed by atoms with Crippen LogP contribution in [0, 0.1) is 0 Å². The molecule has 2 unspecified atom stereocenters. The minimum Gasteiger partial charge on any atom is -0.489 e. The molecule has 76 valence electrons. The fourth-order valence-electron chi connectivity index (χ4n) is 0.950. The molecule has 2 atom stereocenters. The highest BCUT2D eigenvalue weighted by molar-refractivity contribution is 9.10. The molecule has 0 radical (unpaired) electrons. The zero-order chi connectivity index (χ0) is 10.2. The van der Waals surface area contributed by atoms with Crippen LogP contribution in [0.3, 0.4) is 0 Å². The molecule has 1 aromatic carbocycles. The largest absolute Gasteiger partial charge is 0.489 e. The Balaban J connectivity index is 1.89. The van der Waals surface area contributed by atoms with E-state index in [1.165, 1.54) is 0 Å². The van der Waals surface area contributed by atoms with Gasteiger partial charge in [-0.1, -0.05) is 39.1 Å². The number of epoxide rings is 1. The van der Waals surface area contributed by atoms with E-state index >= 15 is 0 Å². The SMILES string of the molecule is ClC1OC1(Cl)COc1ccc(Br)cc1. The van der Waals surface area contributed by atoms with Crippen LogP contribution in [0.4, 0.5) is 0 Å². The van der Waals surface area contributed by atoms with Gasteiger partial charge in [-0.3, -0.25) is 0 Å². The van der Waals surface area contributed by atoms with Gasteiger partial charge in [-0.25, -0.2) is 0 Å². The Labute approximate surface area is 100 Å². The van der Waals surface area contributed by atoms with E-state index in [0.29, 0.717) is 0 Å². The van der Waals surface area contributed by atoms with Crippen molar-refractivity contribution in [3.63, 3.8) is 0 Å². The number of benzene rings is 1. The van der Waals surface area contributed by atoms with Crippen molar-refractivity contribution in [1.29, 1.82) is 0 Å². The van der Waals surface area contributed by atoms with Gasteiger partial charge in [0.25, 0.3) is 0 Å². The lowest BCUT2D eigenvalue weighted by Crippen LogP contribution is -2.15. The average molecular weight is 298 g/mol. The molecule has 0 N–H and O–H groups in total. The van der Waals surface area contributed by atoms with Crippen molar-refractivity contribution in [2.75, 3.05) is 6.61 Å². The van der Waals surface area contributed by atoms with E-state index in [2.05, 4.69) is 15.9 Å². The molecule has 1 heterocycles. The van der Waals surface area contributed by atoms with Crippen LogP contribution in [0.25, 0.3) is 0 Å². The third-order valence-electron chi connectivity index (χ3n) is 1.83. The molecule has 1 saturated heterocycles. The lowest BCUT2D eigenvalue weighted by molar-refractivity contribution is 0.241. The maximum absolute atomic E-state index is 5.89. The molecule has 1 fully saturated rings. The van der Waals surface area contributed by atoms with Crippen LogP contribution < -0.4 is 4.74 Å².